The Kier molecular flexibility index (Phi) is 10.5. The average Bonchev–Trinajstić information content (AvgIpc) is 2.74. The van der Waals surface area contributed by atoms with E-state index in [1.807, 2.05) is 6.07 Å². The molecule has 0 aliphatic heterocycles. The highest BCUT2D eigenvalue weighted by atomic mass is 79.9. The van der Waals surface area contributed by atoms with Gasteiger partial charge in [0.2, 0.25) is 0 Å². The minimum Gasteiger partial charge on any atom is -0.490 e. The third-order valence-corrected chi connectivity index (χ3v) is 5.39. The van der Waals surface area contributed by atoms with Gasteiger partial charge in [0.15, 0.2) is 11.5 Å². The van der Waals surface area contributed by atoms with E-state index in [0.717, 1.165) is 36.3 Å². The van der Waals surface area contributed by atoms with Gasteiger partial charge in [-0.1, -0.05) is 62.2 Å². The lowest BCUT2D eigenvalue weighted by atomic mass is 9.99. The van der Waals surface area contributed by atoms with Crippen molar-refractivity contribution >= 4 is 37.5 Å². The van der Waals surface area contributed by atoms with Crippen LogP contribution in [-0.2, 0) is 0 Å². The van der Waals surface area contributed by atoms with Crippen LogP contribution in [0.25, 0.3) is 0 Å². The van der Waals surface area contributed by atoms with Gasteiger partial charge in [0.05, 0.1) is 29.8 Å². The van der Waals surface area contributed by atoms with Crippen LogP contribution in [-0.4, -0.2) is 33.9 Å². The number of ether oxygens (including phenoxy) is 2. The molecule has 158 valence electrons. The van der Waals surface area contributed by atoms with E-state index in [1.54, 1.807) is 24.3 Å². The van der Waals surface area contributed by atoms with Crippen LogP contribution in [0.15, 0.2) is 42.5 Å². The number of benzene rings is 2. The zero-order chi connectivity index (χ0) is 21.1. The molecule has 0 radical (unpaired) electrons. The Morgan fingerprint density at radius 2 is 1.48 bits per heavy atom. The molecule has 2 aromatic carbocycles. The lowest BCUT2D eigenvalue weighted by Crippen LogP contribution is -2.08. The van der Waals surface area contributed by atoms with Crippen LogP contribution in [0.4, 0.5) is 5.69 Å². The molecule has 0 amide bonds. The fraction of sp³-hybridized carbons (Fsp3) is 0.429. The highest BCUT2D eigenvalue weighted by Crippen LogP contribution is 2.39. The third-order valence-electron chi connectivity index (χ3n) is 4.27. The van der Waals surface area contributed by atoms with Crippen molar-refractivity contribution in [2.24, 2.45) is 0 Å². The second-order valence-corrected chi connectivity index (χ2v) is 8.00. The number of alkyl halides is 2. The molecule has 6 nitrogen and oxygen atoms in total. The molecule has 0 aromatic heterocycles. The van der Waals surface area contributed by atoms with Gasteiger partial charge in [0.25, 0.3) is 5.69 Å². The van der Waals surface area contributed by atoms with Crippen LogP contribution in [0.2, 0.25) is 0 Å². The van der Waals surface area contributed by atoms with Gasteiger partial charge in [-0.2, -0.15) is 0 Å². The van der Waals surface area contributed by atoms with E-state index in [1.165, 1.54) is 12.1 Å². The van der Waals surface area contributed by atoms with Crippen LogP contribution in [0.3, 0.4) is 0 Å². The minimum absolute atomic E-state index is 0.185. The van der Waals surface area contributed by atoms with Gasteiger partial charge in [-0.05, 0) is 37.3 Å². The summed E-state index contributed by atoms with van der Waals surface area (Å²) in [5.41, 5.74) is 0.570. The first-order valence-corrected chi connectivity index (χ1v) is 11.8. The topological polar surface area (TPSA) is 81.8 Å². The number of hydrogen-bond acceptors (Lipinski definition) is 5. The predicted molar refractivity (Wildman–Crippen MR) is 121 cm³/mol. The summed E-state index contributed by atoms with van der Waals surface area (Å²) in [7, 11) is 0. The van der Waals surface area contributed by atoms with Crippen LogP contribution < -0.4 is 9.47 Å². The van der Waals surface area contributed by atoms with Gasteiger partial charge in [0.1, 0.15) is 6.10 Å². The number of nitro groups is 1. The summed E-state index contributed by atoms with van der Waals surface area (Å²) in [5.74, 6) is 0.739. The number of halogens is 2. The Hall–Kier alpha value is -1.64. The molecule has 0 saturated heterocycles. The predicted octanol–water partition coefficient (Wildman–Crippen LogP) is 5.78. The van der Waals surface area contributed by atoms with Crippen molar-refractivity contribution in [2.45, 2.75) is 31.8 Å². The molecule has 0 bridgehead atoms. The van der Waals surface area contributed by atoms with E-state index in [2.05, 4.69) is 31.9 Å². The number of nitrogens with zero attached hydrogens (tertiary/aromatic N) is 1. The Morgan fingerprint density at radius 1 is 0.931 bits per heavy atom. The van der Waals surface area contributed by atoms with Crippen molar-refractivity contribution in [3.05, 3.63) is 63.7 Å². The quantitative estimate of drug-likeness (QED) is 0.153. The highest BCUT2D eigenvalue weighted by Gasteiger charge is 2.26. The summed E-state index contributed by atoms with van der Waals surface area (Å²) in [6.07, 6.45) is 2.41. The second kappa shape index (κ2) is 12.8. The molecular formula is C21H25Br2NO5. The first-order valence-electron chi connectivity index (χ1n) is 9.51. The Labute approximate surface area is 187 Å². The number of rotatable bonds is 13. The number of hydrogen-bond donors (Lipinski definition) is 1. The van der Waals surface area contributed by atoms with E-state index in [-0.39, 0.29) is 11.3 Å². The summed E-state index contributed by atoms with van der Waals surface area (Å²) in [5, 5.41) is 24.2. The van der Waals surface area contributed by atoms with Crippen molar-refractivity contribution in [3.63, 3.8) is 0 Å². The lowest BCUT2D eigenvalue weighted by molar-refractivity contribution is -0.386. The molecule has 0 aliphatic carbocycles. The van der Waals surface area contributed by atoms with E-state index >= 15 is 0 Å². The van der Waals surface area contributed by atoms with E-state index in [4.69, 9.17) is 9.47 Å². The molecule has 0 aliphatic rings. The van der Waals surface area contributed by atoms with Gasteiger partial charge in [-0.3, -0.25) is 10.1 Å². The van der Waals surface area contributed by atoms with Gasteiger partial charge in [-0.15, -0.1) is 0 Å². The molecule has 0 saturated carbocycles. The van der Waals surface area contributed by atoms with Crippen molar-refractivity contribution in [3.8, 4) is 11.5 Å². The molecule has 1 N–H and O–H groups in total. The highest BCUT2D eigenvalue weighted by molar-refractivity contribution is 9.09. The van der Waals surface area contributed by atoms with Crippen LogP contribution >= 0.6 is 31.9 Å². The molecule has 29 heavy (non-hydrogen) atoms. The number of aliphatic hydroxyl groups is 1. The molecule has 0 fully saturated rings. The monoisotopic (exact) mass is 529 g/mol. The van der Waals surface area contributed by atoms with Gasteiger partial charge in [-0.25, -0.2) is 0 Å². The van der Waals surface area contributed by atoms with Crippen LogP contribution in [0.5, 0.6) is 11.5 Å². The maximum atomic E-state index is 11.7. The van der Waals surface area contributed by atoms with Crippen molar-refractivity contribution in [1.82, 2.24) is 0 Å². The Bertz CT molecular complexity index is 773. The number of aliphatic hydroxyl groups excluding tert-OH is 1. The first-order chi connectivity index (χ1) is 14.1. The zero-order valence-corrected chi connectivity index (χ0v) is 19.2. The van der Waals surface area contributed by atoms with E-state index < -0.39 is 11.0 Å². The standard InChI is InChI=1S/C21H25Br2NO5/c22-10-4-6-12-28-19-14-17(21(25)16-8-2-1-3-9-16)18(24(26)27)15-20(19)29-13-7-5-11-23/h1-3,8-9,14-15,21,25H,4-7,10-13H2. The van der Waals surface area contributed by atoms with Gasteiger partial charge >= 0.3 is 0 Å². The molecule has 1 atom stereocenters. The maximum Gasteiger partial charge on any atom is 0.279 e. The molecule has 0 spiro atoms. The third kappa shape index (κ3) is 7.28. The number of unbranched alkanes of at least 4 members (excludes halogenated alkanes) is 2. The van der Waals surface area contributed by atoms with Crippen LogP contribution in [0, 0.1) is 10.1 Å². The zero-order valence-electron chi connectivity index (χ0n) is 16.1. The van der Waals surface area contributed by atoms with Crippen molar-refractivity contribution in [2.75, 3.05) is 23.9 Å². The van der Waals surface area contributed by atoms with E-state index in [0.29, 0.717) is 30.3 Å². The molecule has 1 unspecified atom stereocenters. The Morgan fingerprint density at radius 3 is 2.00 bits per heavy atom. The first kappa shape index (κ1) is 23.6. The summed E-state index contributed by atoms with van der Waals surface area (Å²) >= 11 is 6.77. The molecule has 0 heterocycles. The normalized spacial score (nSPS) is 11.8. The van der Waals surface area contributed by atoms with E-state index in [9.17, 15) is 15.2 Å². The van der Waals surface area contributed by atoms with Crippen molar-refractivity contribution < 1.29 is 19.5 Å². The molecular weight excluding hydrogens is 506 g/mol. The second-order valence-electron chi connectivity index (χ2n) is 6.42. The molecule has 2 rings (SSSR count). The molecule has 8 heteroatoms. The fourth-order valence-electron chi connectivity index (χ4n) is 2.74. The maximum absolute atomic E-state index is 11.7. The summed E-state index contributed by atoms with van der Waals surface area (Å²) in [6, 6.07) is 11.7. The summed E-state index contributed by atoms with van der Waals surface area (Å²) < 4.78 is 11.7. The largest absolute Gasteiger partial charge is 0.490 e. The van der Waals surface area contributed by atoms with Gasteiger partial charge in [0, 0.05) is 10.7 Å². The average molecular weight is 531 g/mol. The smallest absolute Gasteiger partial charge is 0.279 e. The number of nitro benzene ring substituents is 1. The summed E-state index contributed by atoms with van der Waals surface area (Å²) in [4.78, 5) is 11.2. The van der Waals surface area contributed by atoms with Crippen LogP contribution in [0.1, 0.15) is 42.9 Å². The van der Waals surface area contributed by atoms with Crippen molar-refractivity contribution in [1.29, 1.82) is 0 Å². The SMILES string of the molecule is O=[N+]([O-])c1cc(OCCCCBr)c(OCCCCBr)cc1C(O)c1ccccc1. The minimum atomic E-state index is -1.14. The van der Waals surface area contributed by atoms with Gasteiger partial charge < -0.3 is 14.6 Å². The summed E-state index contributed by atoms with van der Waals surface area (Å²) in [6.45, 7) is 0.892. The molecule has 2 aromatic rings. The Balaban J connectivity index is 2.36. The lowest BCUT2D eigenvalue weighted by Gasteiger charge is -2.17. The fourth-order valence-corrected chi connectivity index (χ4v) is 3.53.